The molecule has 232 valence electrons. The van der Waals surface area contributed by atoms with Crippen LogP contribution in [-0.2, 0) is 10.7 Å². The molecule has 1 fully saturated rings. The van der Waals surface area contributed by atoms with Crippen molar-refractivity contribution in [2.45, 2.75) is 36.1 Å². The average Bonchev–Trinajstić information content (AvgIpc) is 2.96. The van der Waals surface area contributed by atoms with Crippen LogP contribution in [-0.4, -0.2) is 28.4 Å². The first-order valence-electron chi connectivity index (χ1n) is 11.4. The minimum atomic E-state index is -4.63. The Kier molecular flexibility index (Phi) is 8.02. The first kappa shape index (κ1) is 32.5. The van der Waals surface area contributed by atoms with Crippen molar-refractivity contribution in [2.24, 2.45) is 0 Å². The Hall–Kier alpha value is -3.45. The molecule has 0 spiro atoms. The summed E-state index contributed by atoms with van der Waals surface area (Å²) in [7, 11) is -3.93. The maximum atomic E-state index is 15.5. The third-order valence-electron chi connectivity index (χ3n) is 7.55. The Bertz CT molecular complexity index is 1520. The van der Waals surface area contributed by atoms with E-state index in [-0.39, 0.29) is 0 Å². The van der Waals surface area contributed by atoms with E-state index in [9.17, 15) is 54.7 Å². The third kappa shape index (κ3) is 4.07. The second-order valence-electron chi connectivity index (χ2n) is 9.48. The van der Waals surface area contributed by atoms with Crippen molar-refractivity contribution in [1.29, 1.82) is 0 Å². The van der Waals surface area contributed by atoms with Gasteiger partial charge in [0.25, 0.3) is 0 Å². The van der Waals surface area contributed by atoms with Crippen LogP contribution < -0.4 is 0 Å². The average molecular weight is 642 g/mol. The van der Waals surface area contributed by atoms with Crippen molar-refractivity contribution in [3.8, 4) is 0 Å². The normalized spacial score (nSPS) is 20.1. The minimum absolute atomic E-state index is 1.18. The van der Waals surface area contributed by atoms with Crippen molar-refractivity contribution in [3.63, 3.8) is 0 Å². The van der Waals surface area contributed by atoms with Crippen LogP contribution in [0.15, 0.2) is 0 Å². The molecule has 0 aromatic heterocycles. The van der Waals surface area contributed by atoms with Gasteiger partial charge in [-0.25, -0.2) is 65.9 Å². The van der Waals surface area contributed by atoms with Crippen LogP contribution in [0.2, 0.25) is 0 Å². The lowest BCUT2D eigenvalue weighted by atomic mass is 9.35. The highest BCUT2D eigenvalue weighted by atomic mass is 19.2. The van der Waals surface area contributed by atoms with Gasteiger partial charge < -0.3 is 15.2 Å². The molecule has 1 aliphatic carbocycles. The summed E-state index contributed by atoms with van der Waals surface area (Å²) < 4.78 is 221. The highest BCUT2D eigenvalue weighted by Crippen LogP contribution is 2.61. The van der Waals surface area contributed by atoms with E-state index < -0.39 is 147 Å². The van der Waals surface area contributed by atoms with Crippen LogP contribution >= 0.6 is 0 Å². The van der Waals surface area contributed by atoms with E-state index in [1.807, 2.05) is 0 Å². The Balaban J connectivity index is 2.49. The molecule has 43 heavy (non-hydrogen) atoms. The molecule has 4 rings (SSSR count). The molecule has 0 amide bonds. The number of halogens is 15. The van der Waals surface area contributed by atoms with Crippen LogP contribution in [0, 0.1) is 87.3 Å². The van der Waals surface area contributed by atoms with E-state index in [4.69, 9.17) is 0 Å². The summed E-state index contributed by atoms with van der Waals surface area (Å²) in [6, 6.07) is 0. The van der Waals surface area contributed by atoms with Gasteiger partial charge in [-0.2, -0.15) is 0 Å². The van der Waals surface area contributed by atoms with E-state index in [0.717, 1.165) is 0 Å². The van der Waals surface area contributed by atoms with Gasteiger partial charge in [-0.05, 0) is 19.3 Å². The predicted octanol–water partition coefficient (Wildman–Crippen LogP) is 5.55. The summed E-state index contributed by atoms with van der Waals surface area (Å²) in [5, 5.41) is 27.0. The zero-order valence-corrected chi connectivity index (χ0v) is 20.3. The van der Waals surface area contributed by atoms with Gasteiger partial charge in [0.2, 0.25) is 17.5 Å². The first-order chi connectivity index (χ1) is 19.8. The number of hydrogen-bond donors (Lipinski definition) is 3. The molecule has 3 aromatic carbocycles. The van der Waals surface area contributed by atoms with Gasteiger partial charge in [0.1, 0.15) is 0 Å². The molecule has 2 unspecified atom stereocenters. The molecule has 19 heteroatoms. The van der Waals surface area contributed by atoms with Gasteiger partial charge in [-0.3, -0.25) is 0 Å². The van der Waals surface area contributed by atoms with Gasteiger partial charge in [0.15, 0.2) is 69.8 Å². The Labute approximate surface area is 228 Å². The first-order valence-corrected chi connectivity index (χ1v) is 11.4. The van der Waals surface area contributed by atoms with Gasteiger partial charge in [0, 0.05) is 22.1 Å². The molecule has 0 saturated heterocycles. The van der Waals surface area contributed by atoms with E-state index in [0.29, 0.717) is 0 Å². The number of rotatable bonds is 4. The van der Waals surface area contributed by atoms with E-state index in [2.05, 4.69) is 0 Å². The fourth-order valence-corrected chi connectivity index (χ4v) is 5.79. The molecule has 0 radical (unpaired) electrons. The van der Waals surface area contributed by atoms with E-state index in [1.54, 1.807) is 0 Å². The molecule has 1 saturated carbocycles. The Morgan fingerprint density at radius 2 is 0.698 bits per heavy atom. The molecule has 3 aromatic rings. The zero-order valence-electron chi connectivity index (χ0n) is 20.3. The van der Waals surface area contributed by atoms with E-state index >= 15 is 26.3 Å². The molecular weight excluding hydrogens is 632 g/mol. The number of aliphatic hydroxyl groups is 1. The van der Waals surface area contributed by atoms with Crippen molar-refractivity contribution >= 4 is 7.12 Å². The second-order valence-corrected chi connectivity index (χ2v) is 9.48. The van der Waals surface area contributed by atoms with Gasteiger partial charge in [0.05, 0.1) is 11.4 Å². The smallest absolute Gasteiger partial charge is 0.426 e. The lowest BCUT2D eigenvalue weighted by molar-refractivity contribution is 0.0497. The van der Waals surface area contributed by atoms with Crippen molar-refractivity contribution < 1.29 is 81.0 Å². The van der Waals surface area contributed by atoms with E-state index in [1.165, 1.54) is 0 Å². The third-order valence-corrected chi connectivity index (χ3v) is 7.55. The predicted molar refractivity (Wildman–Crippen MR) is 111 cm³/mol. The maximum Gasteiger partial charge on any atom is 0.464 e. The SMILES string of the molecule is OB(O)C1(c2c(F)c(F)c(F)c(F)c2F)CCC(O)CC1(c1c(F)c(F)c(F)c(F)c1F)c1c(F)c(F)c(F)c(F)c1F. The van der Waals surface area contributed by atoms with Crippen molar-refractivity contribution in [3.05, 3.63) is 104 Å². The van der Waals surface area contributed by atoms with Crippen molar-refractivity contribution in [1.82, 2.24) is 0 Å². The Morgan fingerprint density at radius 1 is 0.442 bits per heavy atom. The van der Waals surface area contributed by atoms with Crippen molar-refractivity contribution in [2.75, 3.05) is 0 Å². The highest BCUT2D eigenvalue weighted by Gasteiger charge is 2.69. The molecule has 3 nitrogen and oxygen atoms in total. The van der Waals surface area contributed by atoms with Crippen LogP contribution in [0.3, 0.4) is 0 Å². The van der Waals surface area contributed by atoms with Crippen LogP contribution in [0.5, 0.6) is 0 Å². The second kappa shape index (κ2) is 10.6. The molecule has 0 aliphatic heterocycles. The maximum absolute atomic E-state index is 15.5. The molecule has 1 aliphatic rings. The zero-order chi connectivity index (χ0) is 32.7. The lowest BCUT2D eigenvalue weighted by Gasteiger charge is -2.55. The quantitative estimate of drug-likeness (QED) is 0.152. The fraction of sp³-hybridized carbons (Fsp3) is 0.250. The number of aliphatic hydroxyl groups excluding tert-OH is 1. The number of hydrogen-bond acceptors (Lipinski definition) is 3. The van der Waals surface area contributed by atoms with Crippen LogP contribution in [0.25, 0.3) is 0 Å². The number of benzene rings is 3. The largest absolute Gasteiger partial charge is 0.464 e. The molecule has 2 atom stereocenters. The minimum Gasteiger partial charge on any atom is -0.426 e. The lowest BCUT2D eigenvalue weighted by Crippen LogP contribution is -2.65. The topological polar surface area (TPSA) is 60.7 Å². The molecule has 0 heterocycles. The molecular formula is C24H10BF15O3. The molecule has 3 N–H and O–H groups in total. The van der Waals surface area contributed by atoms with Gasteiger partial charge in [-0.1, -0.05) is 0 Å². The summed E-state index contributed by atoms with van der Waals surface area (Å²) >= 11 is 0. The van der Waals surface area contributed by atoms with Crippen LogP contribution in [0.4, 0.5) is 65.9 Å². The monoisotopic (exact) mass is 642 g/mol. The summed E-state index contributed by atoms with van der Waals surface area (Å²) in [4.78, 5) is 0. The van der Waals surface area contributed by atoms with Gasteiger partial charge >= 0.3 is 7.12 Å². The van der Waals surface area contributed by atoms with Crippen LogP contribution in [0.1, 0.15) is 36.0 Å². The summed E-state index contributed by atoms with van der Waals surface area (Å²) in [6.07, 6.45) is -7.55. The summed E-state index contributed by atoms with van der Waals surface area (Å²) in [5.41, 5.74) is -12.8. The standard InChI is InChI=1S/C24H10BF15O3/c26-8-5(9(27)15(33)20(38)14(8)32)23(6-10(28)16(34)21(39)17(35)11(6)29)3-4(41)1-2-24(23,25(42)43)7-12(30)18(36)22(40)19(37)13(7)31/h4,41-43H,1-3H2. The highest BCUT2D eigenvalue weighted by molar-refractivity contribution is 6.46. The molecule has 0 bridgehead atoms. The van der Waals surface area contributed by atoms with Gasteiger partial charge in [-0.15, -0.1) is 0 Å². The fourth-order valence-electron chi connectivity index (χ4n) is 5.79. The summed E-state index contributed by atoms with van der Waals surface area (Å²) in [5.74, 6) is -46.2. The Morgan fingerprint density at radius 3 is 0.977 bits per heavy atom. The summed E-state index contributed by atoms with van der Waals surface area (Å²) in [6.45, 7) is 0.